The Balaban J connectivity index is 1.32. The summed E-state index contributed by atoms with van der Waals surface area (Å²) in [7, 11) is -0.365. The lowest BCUT2D eigenvalue weighted by molar-refractivity contribution is -0.00749. The number of hydrogen-bond donors (Lipinski definition) is 1. The third-order valence-electron chi connectivity index (χ3n) is 10.2. The molecule has 12 nitrogen and oxygen atoms in total. The maximum atomic E-state index is 14.7. The summed E-state index contributed by atoms with van der Waals surface area (Å²) < 4.78 is 61.2. The van der Waals surface area contributed by atoms with Gasteiger partial charge < -0.3 is 38.5 Å². The van der Waals surface area contributed by atoms with Crippen molar-refractivity contribution in [3.63, 3.8) is 0 Å². The first-order chi connectivity index (χ1) is 26.2. The van der Waals surface area contributed by atoms with Gasteiger partial charge in [-0.1, -0.05) is 48.0 Å². The van der Waals surface area contributed by atoms with E-state index in [-0.39, 0.29) is 23.0 Å². The number of rotatable bonds is 18. The first-order valence-corrected chi connectivity index (χ1v) is 20.5. The molecule has 0 radical (unpaired) electrons. The van der Waals surface area contributed by atoms with E-state index in [9.17, 15) is 8.42 Å². The van der Waals surface area contributed by atoms with Gasteiger partial charge in [0.1, 0.15) is 24.5 Å². The number of sulfone groups is 1. The second-order valence-corrected chi connectivity index (χ2v) is 16.3. The van der Waals surface area contributed by atoms with Crippen LogP contribution in [-0.4, -0.2) is 94.6 Å². The number of hydrogen-bond acceptors (Lipinski definition) is 11. The summed E-state index contributed by atoms with van der Waals surface area (Å²) in [5.74, 6) is 1.50. The molecule has 1 fully saturated rings. The predicted octanol–water partition coefficient (Wildman–Crippen LogP) is 5.55. The summed E-state index contributed by atoms with van der Waals surface area (Å²) >= 11 is 0. The van der Waals surface area contributed by atoms with Gasteiger partial charge in [-0.3, -0.25) is 0 Å². The molecular formula is C41H55N5O7S. The molecular weight excluding hydrogens is 707 g/mol. The van der Waals surface area contributed by atoms with Crippen LogP contribution in [0.5, 0.6) is 5.75 Å². The maximum Gasteiger partial charge on any atom is 0.209 e. The maximum absolute atomic E-state index is 14.7. The Morgan fingerprint density at radius 2 is 1.87 bits per heavy atom. The van der Waals surface area contributed by atoms with E-state index in [1.807, 2.05) is 62.7 Å². The molecule has 1 aromatic heterocycles. The highest BCUT2D eigenvalue weighted by atomic mass is 32.2. The molecule has 1 unspecified atom stereocenters. The molecule has 4 aromatic rings. The Hall–Kier alpha value is -3.85. The van der Waals surface area contributed by atoms with Gasteiger partial charge in [0.25, 0.3) is 0 Å². The van der Waals surface area contributed by atoms with Crippen molar-refractivity contribution >= 4 is 15.5 Å². The second-order valence-electron chi connectivity index (χ2n) is 14.3. The molecule has 1 N–H and O–H groups in total. The number of fused-ring (bicyclic) bond motifs is 1. The van der Waals surface area contributed by atoms with Crippen LogP contribution < -0.4 is 15.0 Å². The van der Waals surface area contributed by atoms with Crippen molar-refractivity contribution in [2.75, 3.05) is 58.1 Å². The summed E-state index contributed by atoms with van der Waals surface area (Å²) in [5.41, 5.74) is 3.26. The summed E-state index contributed by atoms with van der Waals surface area (Å²) in [5, 5.41) is 12.1. The lowest BCUT2D eigenvalue weighted by Gasteiger charge is -2.39. The molecule has 0 bridgehead atoms. The van der Waals surface area contributed by atoms with Crippen LogP contribution in [-0.2, 0) is 48.9 Å². The van der Waals surface area contributed by atoms with E-state index < -0.39 is 21.4 Å². The van der Waals surface area contributed by atoms with Crippen molar-refractivity contribution in [3.05, 3.63) is 101 Å². The summed E-state index contributed by atoms with van der Waals surface area (Å²) in [6, 6.07) is 21.1. The molecule has 6 rings (SSSR count). The zero-order valence-corrected chi connectivity index (χ0v) is 33.0. The zero-order valence-electron chi connectivity index (χ0n) is 32.1. The molecule has 292 valence electrons. The zero-order chi connectivity index (χ0) is 38.1. The largest absolute Gasteiger partial charge is 0.490 e. The van der Waals surface area contributed by atoms with Crippen LogP contribution in [0.1, 0.15) is 66.1 Å². The number of aryl methyl sites for hydroxylation is 2. The van der Waals surface area contributed by atoms with Crippen molar-refractivity contribution in [2.24, 2.45) is 7.05 Å². The Morgan fingerprint density at radius 3 is 2.59 bits per heavy atom. The normalized spacial score (nSPS) is 19.9. The van der Waals surface area contributed by atoms with Crippen LogP contribution in [0, 0.1) is 6.92 Å². The third-order valence-corrected chi connectivity index (χ3v) is 12.1. The molecule has 3 heterocycles. The van der Waals surface area contributed by atoms with Gasteiger partial charge in [0.15, 0.2) is 5.44 Å². The lowest BCUT2D eigenvalue weighted by Crippen LogP contribution is -2.49. The van der Waals surface area contributed by atoms with Gasteiger partial charge >= 0.3 is 0 Å². The fourth-order valence-electron chi connectivity index (χ4n) is 7.27. The molecule has 1 saturated heterocycles. The van der Waals surface area contributed by atoms with Crippen LogP contribution in [0.4, 0.5) is 5.69 Å². The summed E-state index contributed by atoms with van der Waals surface area (Å²) in [4.78, 5) is 2.45. The molecule has 5 atom stereocenters. The number of anilines is 1. The van der Waals surface area contributed by atoms with Crippen molar-refractivity contribution < 1.29 is 32.1 Å². The smallest absolute Gasteiger partial charge is 0.209 e. The van der Waals surface area contributed by atoms with Crippen molar-refractivity contribution in [3.8, 4) is 5.75 Å². The molecule has 3 aromatic carbocycles. The van der Waals surface area contributed by atoms with Crippen molar-refractivity contribution in [1.82, 2.24) is 20.1 Å². The molecule has 2 aliphatic rings. The number of ether oxygens (including phenoxy) is 5. The standard InChI is InChI=1S/C41H55N5O7S/c1-6-51-30(3)26-50-27-31-10-12-32(13-11-31)36-23-34(24-40-44-43-28-45(40)4)42-25-39(36)53-41(54(47,48)35-15-8-29(2)9-16-35)33-14-17-38-37(22-33)46(19-21-52-38)18-7-20-49-5/h8-17,22,28,30,34,36,39,41-42H,6-7,18-21,23-27H2,1-5H3/t30-,34-,36-,39+,41?/m1/s1. The Morgan fingerprint density at radius 1 is 1.07 bits per heavy atom. The van der Waals surface area contributed by atoms with E-state index in [0.29, 0.717) is 64.5 Å². The van der Waals surface area contributed by atoms with Crippen molar-refractivity contribution in [2.45, 2.75) is 81.1 Å². The summed E-state index contributed by atoms with van der Waals surface area (Å²) in [6.45, 7) is 10.7. The minimum atomic E-state index is -4.01. The molecule has 0 spiro atoms. The third kappa shape index (κ3) is 9.87. The first kappa shape index (κ1) is 39.8. The number of benzene rings is 3. The fraction of sp³-hybridized carbons (Fsp3) is 0.512. The molecule has 0 saturated carbocycles. The number of nitrogens with one attached hydrogen (secondary N) is 1. The first-order valence-electron chi connectivity index (χ1n) is 19.0. The van der Waals surface area contributed by atoms with Crippen LogP contribution >= 0.6 is 0 Å². The highest BCUT2D eigenvalue weighted by Gasteiger charge is 2.39. The number of piperidine rings is 1. The molecule has 2 aliphatic heterocycles. The average Bonchev–Trinajstić information content (AvgIpc) is 3.58. The number of aromatic nitrogens is 3. The van der Waals surface area contributed by atoms with E-state index in [0.717, 1.165) is 46.9 Å². The molecule has 0 amide bonds. The average molecular weight is 762 g/mol. The van der Waals surface area contributed by atoms with E-state index in [1.54, 1.807) is 25.6 Å². The summed E-state index contributed by atoms with van der Waals surface area (Å²) in [6.07, 6.45) is 3.49. The Kier molecular flexibility index (Phi) is 13.8. The highest BCUT2D eigenvalue weighted by Crippen LogP contribution is 2.41. The SMILES string of the molecule is CCO[C@H](C)COCc1ccc([C@H]2C[C@H](Cc3nncn3C)NC[C@@H]2OC(c2ccc3c(c2)N(CCCOC)CCO3)S(=O)(=O)c2ccc(C)cc2)cc1. The van der Waals surface area contributed by atoms with Gasteiger partial charge in [0, 0.05) is 58.8 Å². The second kappa shape index (κ2) is 18.7. The van der Waals surface area contributed by atoms with Gasteiger partial charge in [0.2, 0.25) is 9.84 Å². The van der Waals surface area contributed by atoms with Crippen molar-refractivity contribution in [1.29, 1.82) is 0 Å². The van der Waals surface area contributed by atoms with E-state index in [4.69, 9.17) is 23.7 Å². The van der Waals surface area contributed by atoms with Crippen LogP contribution in [0.25, 0.3) is 0 Å². The molecule has 0 aliphatic carbocycles. The van der Waals surface area contributed by atoms with Gasteiger partial charge in [-0.05, 0) is 74.6 Å². The highest BCUT2D eigenvalue weighted by molar-refractivity contribution is 7.91. The van der Waals surface area contributed by atoms with Crippen LogP contribution in [0.15, 0.2) is 78.0 Å². The minimum absolute atomic E-state index is 0.0262. The Bertz CT molecular complexity index is 1890. The van der Waals surface area contributed by atoms with Gasteiger partial charge in [-0.2, -0.15) is 0 Å². The quantitative estimate of drug-likeness (QED) is 0.128. The topological polar surface area (TPSA) is 126 Å². The fourth-order valence-corrected chi connectivity index (χ4v) is 8.83. The lowest BCUT2D eigenvalue weighted by atomic mass is 9.83. The minimum Gasteiger partial charge on any atom is -0.490 e. The molecule has 54 heavy (non-hydrogen) atoms. The van der Waals surface area contributed by atoms with Crippen LogP contribution in [0.2, 0.25) is 0 Å². The van der Waals surface area contributed by atoms with E-state index >= 15 is 0 Å². The predicted molar refractivity (Wildman–Crippen MR) is 208 cm³/mol. The van der Waals surface area contributed by atoms with Gasteiger partial charge in [0.05, 0.1) is 42.5 Å². The van der Waals surface area contributed by atoms with Gasteiger partial charge in [-0.25, -0.2) is 8.42 Å². The van der Waals surface area contributed by atoms with E-state index in [2.05, 4.69) is 44.7 Å². The van der Waals surface area contributed by atoms with Crippen LogP contribution in [0.3, 0.4) is 0 Å². The van der Waals surface area contributed by atoms with E-state index in [1.165, 1.54) is 0 Å². The number of nitrogens with zero attached hydrogens (tertiary/aromatic N) is 4. The molecule has 13 heteroatoms. The number of methoxy groups -OCH3 is 1. The monoisotopic (exact) mass is 761 g/mol. The Labute approximate surface area is 320 Å². The van der Waals surface area contributed by atoms with Gasteiger partial charge in [-0.15, -0.1) is 10.2 Å².